The van der Waals surface area contributed by atoms with Gasteiger partial charge in [0.05, 0.1) is 10.5 Å². The highest BCUT2D eigenvalue weighted by atomic mass is 32.2. The number of carboxylic acid groups (broad SMARTS) is 1. The van der Waals surface area contributed by atoms with Crippen molar-refractivity contribution in [2.75, 3.05) is 0 Å². The van der Waals surface area contributed by atoms with Gasteiger partial charge in [-0.2, -0.15) is 0 Å². The topological polar surface area (TPSA) is 126 Å². The molecule has 2 aromatic carbocycles. The second-order valence-corrected chi connectivity index (χ2v) is 7.58. The number of furan rings is 1. The molecule has 0 saturated carbocycles. The number of nitrogens with one attached hydrogen (secondary N) is 2. The SMILES string of the molecule is Cc1ccc(S(=O)(=O)NNC(=O)c2oc3ccccc3c2C)cc1C(=O)O. The number of hydrogen-bond acceptors (Lipinski definition) is 5. The third-order valence-electron chi connectivity index (χ3n) is 4.10. The molecule has 0 aliphatic heterocycles. The summed E-state index contributed by atoms with van der Waals surface area (Å²) in [4.78, 5) is 25.2. The molecule has 3 rings (SSSR count). The molecular weight excluding hydrogens is 372 g/mol. The summed E-state index contributed by atoms with van der Waals surface area (Å²) < 4.78 is 30.2. The van der Waals surface area contributed by atoms with Crippen LogP contribution in [0.25, 0.3) is 11.0 Å². The number of benzene rings is 2. The van der Waals surface area contributed by atoms with Gasteiger partial charge in [-0.3, -0.25) is 10.2 Å². The summed E-state index contributed by atoms with van der Waals surface area (Å²) in [7, 11) is -4.17. The molecule has 9 heteroatoms. The smallest absolute Gasteiger partial charge is 0.335 e. The Bertz CT molecular complexity index is 1160. The number of hydrogen-bond donors (Lipinski definition) is 3. The first-order chi connectivity index (χ1) is 12.7. The largest absolute Gasteiger partial charge is 0.478 e. The van der Waals surface area contributed by atoms with Gasteiger partial charge in [0.2, 0.25) is 0 Å². The van der Waals surface area contributed by atoms with Gasteiger partial charge in [-0.1, -0.05) is 24.3 Å². The molecule has 0 aliphatic carbocycles. The minimum Gasteiger partial charge on any atom is -0.478 e. The van der Waals surface area contributed by atoms with Crippen LogP contribution in [0.4, 0.5) is 0 Å². The van der Waals surface area contributed by atoms with E-state index in [0.717, 1.165) is 11.5 Å². The molecule has 0 unspecified atom stereocenters. The molecule has 1 amide bonds. The molecule has 1 heterocycles. The average molecular weight is 388 g/mol. The van der Waals surface area contributed by atoms with Crippen molar-refractivity contribution in [1.82, 2.24) is 10.3 Å². The summed E-state index contributed by atoms with van der Waals surface area (Å²) in [5, 5.41) is 9.87. The normalized spacial score (nSPS) is 11.5. The third kappa shape index (κ3) is 3.55. The van der Waals surface area contributed by atoms with E-state index in [1.165, 1.54) is 12.1 Å². The number of amides is 1. The van der Waals surface area contributed by atoms with Crippen molar-refractivity contribution in [3.63, 3.8) is 0 Å². The highest BCUT2D eigenvalue weighted by molar-refractivity contribution is 7.89. The monoisotopic (exact) mass is 388 g/mol. The Kier molecular flexibility index (Phi) is 4.73. The zero-order valence-electron chi connectivity index (χ0n) is 14.4. The Morgan fingerprint density at radius 2 is 1.78 bits per heavy atom. The fourth-order valence-electron chi connectivity index (χ4n) is 2.62. The first-order valence-electron chi connectivity index (χ1n) is 7.85. The average Bonchev–Trinajstić information content (AvgIpc) is 2.97. The number of carbonyl (C=O) groups is 2. The van der Waals surface area contributed by atoms with E-state index in [1.54, 1.807) is 38.1 Å². The number of rotatable bonds is 5. The second kappa shape index (κ2) is 6.86. The van der Waals surface area contributed by atoms with Crippen molar-refractivity contribution in [2.24, 2.45) is 0 Å². The van der Waals surface area contributed by atoms with E-state index in [2.05, 4.69) is 5.43 Å². The minimum atomic E-state index is -4.17. The van der Waals surface area contributed by atoms with Crippen molar-refractivity contribution in [3.8, 4) is 0 Å². The molecule has 0 atom stereocenters. The van der Waals surface area contributed by atoms with E-state index < -0.39 is 21.9 Å². The van der Waals surface area contributed by atoms with E-state index in [-0.39, 0.29) is 16.2 Å². The van der Waals surface area contributed by atoms with Crippen LogP contribution in [0.1, 0.15) is 32.0 Å². The number of para-hydroxylation sites is 1. The predicted molar refractivity (Wildman–Crippen MR) is 96.9 cm³/mol. The van der Waals surface area contributed by atoms with Gasteiger partial charge in [-0.25, -0.2) is 13.2 Å². The van der Waals surface area contributed by atoms with Crippen LogP contribution in [0.3, 0.4) is 0 Å². The molecular formula is C18H16N2O6S. The van der Waals surface area contributed by atoms with Crippen LogP contribution in [0, 0.1) is 13.8 Å². The van der Waals surface area contributed by atoms with Crippen LogP contribution >= 0.6 is 0 Å². The lowest BCUT2D eigenvalue weighted by Crippen LogP contribution is -2.41. The maximum absolute atomic E-state index is 12.4. The fourth-order valence-corrected chi connectivity index (χ4v) is 3.48. The van der Waals surface area contributed by atoms with Gasteiger partial charge in [0.1, 0.15) is 5.58 Å². The summed E-state index contributed by atoms with van der Waals surface area (Å²) in [5.74, 6) is -2.03. The molecule has 1 aromatic heterocycles. The molecule has 3 N–H and O–H groups in total. The first kappa shape index (κ1) is 18.6. The Hall–Kier alpha value is -3.17. The Morgan fingerprint density at radius 1 is 1.07 bits per heavy atom. The zero-order chi connectivity index (χ0) is 19.8. The maximum atomic E-state index is 12.4. The van der Waals surface area contributed by atoms with Crippen LogP contribution in [0.5, 0.6) is 0 Å². The molecule has 0 fully saturated rings. The Labute approximate surface area is 154 Å². The van der Waals surface area contributed by atoms with Crippen molar-refractivity contribution < 1.29 is 27.5 Å². The molecule has 27 heavy (non-hydrogen) atoms. The van der Waals surface area contributed by atoms with Crippen molar-refractivity contribution >= 4 is 32.9 Å². The fraction of sp³-hybridized carbons (Fsp3) is 0.111. The summed E-state index contributed by atoms with van der Waals surface area (Å²) in [6.07, 6.45) is 0. The number of carbonyl (C=O) groups excluding carboxylic acids is 1. The minimum absolute atomic E-state index is 0.0194. The molecule has 0 saturated heterocycles. The molecule has 3 aromatic rings. The number of carboxylic acids is 1. The molecule has 0 spiro atoms. The van der Waals surface area contributed by atoms with E-state index in [4.69, 9.17) is 9.52 Å². The predicted octanol–water partition coefficient (Wildman–Crippen LogP) is 2.37. The van der Waals surface area contributed by atoms with Crippen molar-refractivity contribution in [3.05, 3.63) is 64.9 Å². The van der Waals surface area contributed by atoms with E-state index in [1.807, 2.05) is 4.83 Å². The third-order valence-corrected chi connectivity index (χ3v) is 5.34. The Morgan fingerprint density at radius 3 is 2.44 bits per heavy atom. The quantitative estimate of drug-likeness (QED) is 0.576. The number of sulfonamides is 1. The van der Waals surface area contributed by atoms with Crippen LogP contribution in [-0.2, 0) is 10.0 Å². The first-order valence-corrected chi connectivity index (χ1v) is 9.33. The van der Waals surface area contributed by atoms with Crippen LogP contribution < -0.4 is 10.3 Å². The number of fused-ring (bicyclic) bond motifs is 1. The van der Waals surface area contributed by atoms with Gasteiger partial charge >= 0.3 is 11.9 Å². The molecule has 140 valence electrons. The van der Waals surface area contributed by atoms with Gasteiger partial charge in [0.25, 0.3) is 10.0 Å². The van der Waals surface area contributed by atoms with Crippen LogP contribution in [0.2, 0.25) is 0 Å². The van der Waals surface area contributed by atoms with Gasteiger partial charge in [0.15, 0.2) is 5.76 Å². The summed E-state index contributed by atoms with van der Waals surface area (Å²) >= 11 is 0. The number of hydrazine groups is 1. The lowest BCUT2D eigenvalue weighted by atomic mass is 10.1. The van der Waals surface area contributed by atoms with Crippen LogP contribution in [0.15, 0.2) is 51.8 Å². The molecule has 0 aliphatic rings. The zero-order valence-corrected chi connectivity index (χ0v) is 15.3. The van der Waals surface area contributed by atoms with Crippen LogP contribution in [-0.4, -0.2) is 25.4 Å². The van der Waals surface area contributed by atoms with Gasteiger partial charge in [-0.15, -0.1) is 4.83 Å². The lowest BCUT2D eigenvalue weighted by Gasteiger charge is -2.09. The second-order valence-electron chi connectivity index (χ2n) is 5.89. The van der Waals surface area contributed by atoms with Crippen molar-refractivity contribution in [2.45, 2.75) is 18.7 Å². The highest BCUT2D eigenvalue weighted by Crippen LogP contribution is 2.24. The number of aryl methyl sites for hydroxylation is 2. The molecule has 0 radical (unpaired) electrons. The van der Waals surface area contributed by atoms with Crippen molar-refractivity contribution in [1.29, 1.82) is 0 Å². The van der Waals surface area contributed by atoms with Gasteiger partial charge in [0, 0.05) is 10.9 Å². The van der Waals surface area contributed by atoms with E-state index >= 15 is 0 Å². The number of aromatic carboxylic acids is 1. The highest BCUT2D eigenvalue weighted by Gasteiger charge is 2.21. The summed E-state index contributed by atoms with van der Waals surface area (Å²) in [6.45, 7) is 3.24. The van der Waals surface area contributed by atoms with E-state index in [9.17, 15) is 18.0 Å². The van der Waals surface area contributed by atoms with Gasteiger partial charge in [-0.05, 0) is 37.6 Å². The lowest BCUT2D eigenvalue weighted by molar-refractivity contribution is 0.0695. The van der Waals surface area contributed by atoms with Gasteiger partial charge < -0.3 is 9.52 Å². The standard InChI is InChI=1S/C18H16N2O6S/c1-10-7-8-12(9-14(10)18(22)23)27(24,25)20-19-17(21)16-11(2)13-5-3-4-6-15(13)26-16/h3-9,20H,1-2H3,(H,19,21)(H,22,23). The maximum Gasteiger partial charge on any atom is 0.335 e. The summed E-state index contributed by atoms with van der Waals surface area (Å²) in [6, 6.07) is 10.7. The Balaban J connectivity index is 1.82. The van der Waals surface area contributed by atoms with E-state index in [0.29, 0.717) is 16.7 Å². The summed E-state index contributed by atoms with van der Waals surface area (Å²) in [5.41, 5.74) is 3.45. The molecule has 8 nitrogen and oxygen atoms in total. The molecule has 0 bridgehead atoms.